The van der Waals surface area contributed by atoms with Gasteiger partial charge in [0, 0.05) is 34.4 Å². The van der Waals surface area contributed by atoms with Gasteiger partial charge in [-0.05, 0) is 29.0 Å². The number of hydrogen-bond donors (Lipinski definition) is 0. The van der Waals surface area contributed by atoms with Crippen molar-refractivity contribution in [3.05, 3.63) is 97.3 Å². The van der Waals surface area contributed by atoms with Crippen molar-refractivity contribution in [2.24, 2.45) is 0 Å². The van der Waals surface area contributed by atoms with Gasteiger partial charge in [-0.1, -0.05) is 72.2 Å². The Morgan fingerprint density at radius 3 is 2.17 bits per heavy atom. The molecule has 138 valence electrons. The molecule has 0 aliphatic heterocycles. The molecule has 4 aromatic carbocycles. The van der Waals surface area contributed by atoms with Gasteiger partial charge in [-0.15, -0.1) is 0 Å². The van der Waals surface area contributed by atoms with Crippen LogP contribution in [-0.4, -0.2) is 22.4 Å². The van der Waals surface area contributed by atoms with Crippen molar-refractivity contribution in [2.75, 3.05) is 0 Å². The average molecular weight is 381 g/mol. The molecule has 30 heavy (non-hydrogen) atoms. The van der Waals surface area contributed by atoms with Crippen LogP contribution in [0.1, 0.15) is 0 Å². The molecule has 4 heteroatoms. The van der Waals surface area contributed by atoms with E-state index in [1.54, 1.807) is 0 Å². The van der Waals surface area contributed by atoms with Crippen molar-refractivity contribution >= 4 is 45.9 Å². The average Bonchev–Trinajstić information content (AvgIpc) is 3.21. The summed E-state index contributed by atoms with van der Waals surface area (Å²) in [6.07, 6.45) is 3.76. The number of rotatable bonds is 2. The second-order valence-electron chi connectivity index (χ2n) is 7.39. The van der Waals surface area contributed by atoms with Crippen molar-refractivity contribution in [2.45, 2.75) is 0 Å². The van der Waals surface area contributed by atoms with Gasteiger partial charge in [-0.3, -0.25) is 9.55 Å². The predicted octanol–water partition coefficient (Wildman–Crippen LogP) is 5.19. The molecule has 6 aromatic rings. The molecule has 0 aliphatic carbocycles. The van der Waals surface area contributed by atoms with E-state index in [0.717, 1.165) is 49.7 Å². The predicted molar refractivity (Wildman–Crippen MR) is 125 cm³/mol. The Balaban J connectivity index is 1.87. The Hall–Kier alpha value is -3.92. The maximum absolute atomic E-state index is 5.97. The van der Waals surface area contributed by atoms with Crippen LogP contribution < -0.4 is 5.46 Å². The van der Waals surface area contributed by atoms with Crippen LogP contribution in [0.2, 0.25) is 0 Å². The fourth-order valence-corrected chi connectivity index (χ4v) is 4.25. The fraction of sp³-hybridized carbons (Fsp3) is 0. The van der Waals surface area contributed by atoms with Crippen LogP contribution >= 0.6 is 0 Å². The highest BCUT2D eigenvalue weighted by molar-refractivity contribution is 6.32. The quantitative estimate of drug-likeness (QED) is 0.305. The molecule has 0 atom stereocenters. The zero-order valence-corrected chi connectivity index (χ0v) is 16.2. The summed E-state index contributed by atoms with van der Waals surface area (Å²) in [6, 6.07) is 28.8. The SMILES string of the molecule is [B]c1ccc(-n2c(-c3ccccc3)nc3c4cnccc4c4ccccc4c32)cc1. The summed E-state index contributed by atoms with van der Waals surface area (Å²) in [7, 11) is 5.97. The van der Waals surface area contributed by atoms with E-state index in [4.69, 9.17) is 12.8 Å². The molecule has 0 aliphatic rings. The summed E-state index contributed by atoms with van der Waals surface area (Å²) >= 11 is 0. The van der Waals surface area contributed by atoms with Crippen LogP contribution in [0.3, 0.4) is 0 Å². The lowest BCUT2D eigenvalue weighted by Crippen LogP contribution is -2.03. The molecule has 2 heterocycles. The van der Waals surface area contributed by atoms with E-state index in [9.17, 15) is 0 Å². The van der Waals surface area contributed by atoms with Crippen molar-refractivity contribution < 1.29 is 0 Å². The van der Waals surface area contributed by atoms with Gasteiger partial charge < -0.3 is 0 Å². The lowest BCUT2D eigenvalue weighted by Gasteiger charge is -2.12. The molecule has 0 fully saturated rings. The molecular formula is C26H16BN3. The van der Waals surface area contributed by atoms with Gasteiger partial charge in [0.1, 0.15) is 13.7 Å². The van der Waals surface area contributed by atoms with Crippen molar-refractivity contribution in [1.29, 1.82) is 0 Å². The molecule has 0 N–H and O–H groups in total. The lowest BCUT2D eigenvalue weighted by molar-refractivity contribution is 1.11. The summed E-state index contributed by atoms with van der Waals surface area (Å²) in [6.45, 7) is 0. The highest BCUT2D eigenvalue weighted by Crippen LogP contribution is 2.38. The van der Waals surface area contributed by atoms with Gasteiger partial charge in [0.25, 0.3) is 0 Å². The largest absolute Gasteiger partial charge is 0.292 e. The van der Waals surface area contributed by atoms with Gasteiger partial charge in [-0.25, -0.2) is 4.98 Å². The third kappa shape index (κ3) is 2.47. The minimum absolute atomic E-state index is 0.740. The third-order valence-corrected chi connectivity index (χ3v) is 5.61. The standard InChI is InChI=1S/C26H16BN3/c27-18-10-12-19(13-11-18)30-25-22-9-5-4-8-20(22)21-14-15-28-16-23(21)24(25)29-26(30)17-6-2-1-3-7-17/h1-16H. The van der Waals surface area contributed by atoms with Crippen molar-refractivity contribution in [1.82, 2.24) is 14.5 Å². The summed E-state index contributed by atoms with van der Waals surface area (Å²) < 4.78 is 2.24. The van der Waals surface area contributed by atoms with Crippen LogP contribution in [0.15, 0.2) is 97.3 Å². The van der Waals surface area contributed by atoms with E-state index < -0.39 is 0 Å². The van der Waals surface area contributed by atoms with Crippen LogP contribution in [0.4, 0.5) is 0 Å². The van der Waals surface area contributed by atoms with Crippen molar-refractivity contribution in [3.8, 4) is 17.1 Å². The number of nitrogens with zero attached hydrogens (tertiary/aromatic N) is 3. The van der Waals surface area contributed by atoms with Crippen LogP contribution in [0.5, 0.6) is 0 Å². The highest BCUT2D eigenvalue weighted by Gasteiger charge is 2.19. The molecule has 0 saturated carbocycles. The first-order chi connectivity index (χ1) is 14.8. The van der Waals surface area contributed by atoms with Gasteiger partial charge in [0.15, 0.2) is 0 Å². The molecule has 2 radical (unpaired) electrons. The maximum atomic E-state index is 5.97. The van der Waals surface area contributed by atoms with Crippen LogP contribution in [0.25, 0.3) is 49.7 Å². The molecule has 0 spiro atoms. The molecule has 3 nitrogen and oxygen atoms in total. The smallest absolute Gasteiger partial charge is 0.145 e. The Morgan fingerprint density at radius 1 is 0.667 bits per heavy atom. The molecule has 2 aromatic heterocycles. The minimum atomic E-state index is 0.740. The number of pyridine rings is 1. The Kier molecular flexibility index (Phi) is 3.72. The molecule has 0 unspecified atom stereocenters. The maximum Gasteiger partial charge on any atom is 0.145 e. The number of aromatic nitrogens is 3. The van der Waals surface area contributed by atoms with Gasteiger partial charge >= 0.3 is 0 Å². The first kappa shape index (κ1) is 17.0. The molecule has 0 saturated heterocycles. The summed E-state index contributed by atoms with van der Waals surface area (Å²) in [4.78, 5) is 9.55. The normalized spacial score (nSPS) is 11.5. The van der Waals surface area contributed by atoms with E-state index in [1.165, 1.54) is 5.39 Å². The lowest BCUT2D eigenvalue weighted by atomic mass is 9.96. The zero-order chi connectivity index (χ0) is 20.1. The molecule has 6 rings (SSSR count). The summed E-state index contributed by atoms with van der Waals surface area (Å²) in [5.41, 5.74) is 4.86. The van der Waals surface area contributed by atoms with Crippen molar-refractivity contribution in [3.63, 3.8) is 0 Å². The number of imidazole rings is 1. The van der Waals surface area contributed by atoms with Gasteiger partial charge in [0.2, 0.25) is 0 Å². The highest BCUT2D eigenvalue weighted by atomic mass is 15.1. The van der Waals surface area contributed by atoms with E-state index in [1.807, 2.05) is 54.9 Å². The first-order valence-electron chi connectivity index (χ1n) is 9.89. The van der Waals surface area contributed by atoms with Gasteiger partial charge in [-0.2, -0.15) is 0 Å². The number of benzene rings is 4. The van der Waals surface area contributed by atoms with E-state index in [0.29, 0.717) is 0 Å². The first-order valence-corrected chi connectivity index (χ1v) is 9.89. The van der Waals surface area contributed by atoms with E-state index in [-0.39, 0.29) is 0 Å². The summed E-state index contributed by atoms with van der Waals surface area (Å²) in [5.74, 6) is 0.900. The Bertz CT molecular complexity index is 1530. The number of fused-ring (bicyclic) bond motifs is 6. The number of hydrogen-bond acceptors (Lipinski definition) is 2. The summed E-state index contributed by atoms with van der Waals surface area (Å²) in [5, 5.41) is 4.57. The third-order valence-electron chi connectivity index (χ3n) is 5.61. The molecular weight excluding hydrogens is 365 g/mol. The monoisotopic (exact) mass is 381 g/mol. The minimum Gasteiger partial charge on any atom is -0.292 e. The fourth-order valence-electron chi connectivity index (χ4n) is 4.25. The topological polar surface area (TPSA) is 30.7 Å². The Labute approximate surface area is 175 Å². The zero-order valence-electron chi connectivity index (χ0n) is 16.2. The molecule has 0 bridgehead atoms. The van der Waals surface area contributed by atoms with Gasteiger partial charge in [0.05, 0.1) is 11.0 Å². The second-order valence-corrected chi connectivity index (χ2v) is 7.39. The van der Waals surface area contributed by atoms with Crippen LogP contribution in [-0.2, 0) is 0 Å². The second kappa shape index (κ2) is 6.56. The van der Waals surface area contributed by atoms with E-state index in [2.05, 4.69) is 52.0 Å². The molecule has 0 amide bonds. The van der Waals surface area contributed by atoms with E-state index >= 15 is 0 Å². The van der Waals surface area contributed by atoms with Crippen LogP contribution in [0, 0.1) is 0 Å². The Morgan fingerprint density at radius 2 is 1.37 bits per heavy atom.